The number of hydrogen-bond donors (Lipinski definition) is 1. The van der Waals surface area contributed by atoms with Crippen molar-refractivity contribution in [1.82, 2.24) is 10.3 Å². The van der Waals surface area contributed by atoms with Crippen LogP contribution in [0.25, 0.3) is 0 Å². The molecule has 0 unspecified atom stereocenters. The summed E-state index contributed by atoms with van der Waals surface area (Å²) in [5.74, 6) is 0.439. The number of amides is 1. The van der Waals surface area contributed by atoms with Crippen LogP contribution < -0.4 is 14.8 Å². The van der Waals surface area contributed by atoms with Gasteiger partial charge >= 0.3 is 5.97 Å². The number of rotatable bonds is 5. The van der Waals surface area contributed by atoms with Crippen LogP contribution in [0.3, 0.4) is 0 Å². The van der Waals surface area contributed by atoms with E-state index < -0.39 is 12.1 Å². The minimum Gasteiger partial charge on any atom is -0.454 e. The third kappa shape index (κ3) is 3.90. The van der Waals surface area contributed by atoms with E-state index in [1.807, 2.05) is 19.1 Å². The Kier molecular flexibility index (Phi) is 4.89. The highest BCUT2D eigenvalue weighted by Crippen LogP contribution is 2.32. The molecule has 1 aliphatic rings. The summed E-state index contributed by atoms with van der Waals surface area (Å²) in [6, 6.07) is 5.44. The van der Waals surface area contributed by atoms with Crippen LogP contribution in [0.5, 0.6) is 11.5 Å². The van der Waals surface area contributed by atoms with E-state index in [1.54, 1.807) is 13.0 Å². The van der Waals surface area contributed by atoms with Crippen molar-refractivity contribution in [3.05, 3.63) is 39.3 Å². The molecule has 8 heteroatoms. The standard InChI is InChI=1S/C17H18N2O5S/c1-9-15(25-11(3)19-9)17(21)24-10(2)16(20)18-7-12-4-5-13-14(6-12)23-8-22-13/h4-6,10H,7-8H2,1-3H3,(H,18,20)/t10-/m0/s1. The van der Waals surface area contributed by atoms with Gasteiger partial charge in [0.15, 0.2) is 17.6 Å². The summed E-state index contributed by atoms with van der Waals surface area (Å²) in [5.41, 5.74) is 1.48. The minimum atomic E-state index is -0.900. The maximum Gasteiger partial charge on any atom is 0.351 e. The number of ether oxygens (including phenoxy) is 3. The molecule has 0 saturated heterocycles. The van der Waals surface area contributed by atoms with E-state index in [0.717, 1.165) is 10.6 Å². The minimum absolute atomic E-state index is 0.203. The van der Waals surface area contributed by atoms with E-state index in [2.05, 4.69) is 10.3 Å². The van der Waals surface area contributed by atoms with Crippen molar-refractivity contribution in [2.45, 2.75) is 33.4 Å². The van der Waals surface area contributed by atoms with Gasteiger partial charge in [-0.05, 0) is 38.5 Å². The Morgan fingerprint density at radius 3 is 2.80 bits per heavy atom. The van der Waals surface area contributed by atoms with Gasteiger partial charge in [0.2, 0.25) is 6.79 Å². The third-order valence-corrected chi connectivity index (χ3v) is 4.70. The Labute approximate surface area is 148 Å². The molecule has 2 heterocycles. The number of benzene rings is 1. The van der Waals surface area contributed by atoms with Gasteiger partial charge in [-0.2, -0.15) is 0 Å². The SMILES string of the molecule is Cc1nc(C)c(C(=O)O[C@@H](C)C(=O)NCc2ccc3c(c2)OCO3)s1. The first kappa shape index (κ1) is 17.2. The molecule has 0 spiro atoms. The zero-order chi connectivity index (χ0) is 18.0. The second-order valence-electron chi connectivity index (χ2n) is 5.60. The Balaban J connectivity index is 1.54. The average Bonchev–Trinajstić information content (AvgIpc) is 3.17. The van der Waals surface area contributed by atoms with Crippen LogP contribution in [-0.2, 0) is 16.1 Å². The molecule has 1 aromatic carbocycles. The smallest absolute Gasteiger partial charge is 0.351 e. The largest absolute Gasteiger partial charge is 0.454 e. The van der Waals surface area contributed by atoms with Gasteiger partial charge in [-0.15, -0.1) is 11.3 Å². The second kappa shape index (κ2) is 7.10. The number of hydrogen-bond acceptors (Lipinski definition) is 7. The van der Waals surface area contributed by atoms with Crippen LogP contribution in [0.1, 0.15) is 32.9 Å². The lowest BCUT2D eigenvalue weighted by Crippen LogP contribution is -2.35. The van der Waals surface area contributed by atoms with E-state index in [0.29, 0.717) is 28.6 Å². The van der Waals surface area contributed by atoms with Crippen LogP contribution >= 0.6 is 11.3 Å². The van der Waals surface area contributed by atoms with Gasteiger partial charge in [-0.3, -0.25) is 4.79 Å². The number of nitrogens with zero attached hydrogens (tertiary/aromatic N) is 1. The van der Waals surface area contributed by atoms with Crippen molar-refractivity contribution in [3.8, 4) is 11.5 Å². The predicted molar refractivity (Wildman–Crippen MR) is 90.9 cm³/mol. The summed E-state index contributed by atoms with van der Waals surface area (Å²) in [5, 5.41) is 3.52. The number of aryl methyl sites for hydroxylation is 2. The summed E-state index contributed by atoms with van der Waals surface area (Å²) in [6.07, 6.45) is -0.900. The molecule has 1 aliphatic heterocycles. The molecule has 0 saturated carbocycles. The average molecular weight is 362 g/mol. The van der Waals surface area contributed by atoms with Gasteiger partial charge in [-0.1, -0.05) is 6.07 Å². The molecule has 132 valence electrons. The second-order valence-corrected chi connectivity index (χ2v) is 6.80. The van der Waals surface area contributed by atoms with E-state index in [-0.39, 0.29) is 12.7 Å². The lowest BCUT2D eigenvalue weighted by molar-refractivity contribution is -0.129. The van der Waals surface area contributed by atoms with Crippen molar-refractivity contribution in [3.63, 3.8) is 0 Å². The predicted octanol–water partition coefficient (Wildman–Crippen LogP) is 2.35. The molecule has 0 aliphatic carbocycles. The fourth-order valence-corrected chi connectivity index (χ4v) is 3.17. The molecule has 0 bridgehead atoms. The van der Waals surface area contributed by atoms with Crippen molar-refractivity contribution in [2.24, 2.45) is 0 Å². The molecular weight excluding hydrogens is 344 g/mol. The van der Waals surface area contributed by atoms with Gasteiger partial charge in [0.05, 0.1) is 10.7 Å². The van der Waals surface area contributed by atoms with Crippen molar-refractivity contribution in [2.75, 3.05) is 6.79 Å². The summed E-state index contributed by atoms with van der Waals surface area (Å²) in [6.45, 7) is 5.60. The Morgan fingerprint density at radius 1 is 1.32 bits per heavy atom. The molecule has 1 amide bonds. The van der Waals surface area contributed by atoms with E-state index in [4.69, 9.17) is 14.2 Å². The highest BCUT2D eigenvalue weighted by Gasteiger charge is 2.22. The molecule has 1 aromatic heterocycles. The topological polar surface area (TPSA) is 86.8 Å². The number of carbonyl (C=O) groups excluding carboxylic acids is 2. The van der Waals surface area contributed by atoms with Gasteiger partial charge in [0.1, 0.15) is 4.88 Å². The molecule has 1 N–H and O–H groups in total. The highest BCUT2D eigenvalue weighted by molar-refractivity contribution is 7.13. The molecular formula is C17H18N2O5S. The summed E-state index contributed by atoms with van der Waals surface area (Å²) in [7, 11) is 0. The Hall–Kier alpha value is -2.61. The molecule has 0 radical (unpaired) electrons. The van der Waals surface area contributed by atoms with E-state index in [9.17, 15) is 9.59 Å². The van der Waals surface area contributed by atoms with Crippen molar-refractivity contribution >= 4 is 23.2 Å². The first-order valence-electron chi connectivity index (χ1n) is 7.75. The van der Waals surface area contributed by atoms with Crippen LogP contribution in [0.2, 0.25) is 0 Å². The summed E-state index contributed by atoms with van der Waals surface area (Å²) >= 11 is 1.25. The molecule has 2 aromatic rings. The quantitative estimate of drug-likeness (QED) is 0.822. The first-order valence-corrected chi connectivity index (χ1v) is 8.57. The summed E-state index contributed by atoms with van der Waals surface area (Å²) in [4.78, 5) is 28.9. The fourth-order valence-electron chi connectivity index (χ4n) is 2.37. The number of esters is 1. The number of nitrogens with one attached hydrogen (secondary N) is 1. The number of fused-ring (bicyclic) bond motifs is 1. The maximum atomic E-state index is 12.2. The van der Waals surface area contributed by atoms with E-state index >= 15 is 0 Å². The summed E-state index contributed by atoms with van der Waals surface area (Å²) < 4.78 is 15.8. The van der Waals surface area contributed by atoms with Gasteiger partial charge < -0.3 is 19.5 Å². The van der Waals surface area contributed by atoms with E-state index in [1.165, 1.54) is 18.3 Å². The van der Waals surface area contributed by atoms with Gasteiger partial charge in [0.25, 0.3) is 5.91 Å². The Morgan fingerprint density at radius 2 is 2.08 bits per heavy atom. The number of aromatic nitrogens is 1. The zero-order valence-electron chi connectivity index (χ0n) is 14.1. The van der Waals surface area contributed by atoms with Crippen LogP contribution in [0.15, 0.2) is 18.2 Å². The van der Waals surface area contributed by atoms with Gasteiger partial charge in [-0.25, -0.2) is 9.78 Å². The van der Waals surface area contributed by atoms with Crippen LogP contribution in [0.4, 0.5) is 0 Å². The van der Waals surface area contributed by atoms with Crippen molar-refractivity contribution in [1.29, 1.82) is 0 Å². The molecule has 0 fully saturated rings. The fraction of sp³-hybridized carbons (Fsp3) is 0.353. The highest BCUT2D eigenvalue weighted by atomic mass is 32.1. The normalized spacial score (nSPS) is 13.4. The monoisotopic (exact) mass is 362 g/mol. The molecule has 25 heavy (non-hydrogen) atoms. The number of thiazole rings is 1. The van der Waals surface area contributed by atoms with Crippen LogP contribution in [0, 0.1) is 13.8 Å². The van der Waals surface area contributed by atoms with Crippen LogP contribution in [-0.4, -0.2) is 29.8 Å². The molecule has 1 atom stereocenters. The first-order chi connectivity index (χ1) is 11.9. The lowest BCUT2D eigenvalue weighted by atomic mass is 10.2. The Bertz CT molecular complexity index is 817. The van der Waals surface area contributed by atoms with Gasteiger partial charge in [0, 0.05) is 6.54 Å². The molecule has 3 rings (SSSR count). The third-order valence-electron chi connectivity index (χ3n) is 3.65. The van der Waals surface area contributed by atoms with Crippen molar-refractivity contribution < 1.29 is 23.8 Å². The molecule has 7 nitrogen and oxygen atoms in total. The number of carbonyl (C=O) groups is 2. The zero-order valence-corrected chi connectivity index (χ0v) is 14.9. The maximum absolute atomic E-state index is 12.2. The lowest BCUT2D eigenvalue weighted by Gasteiger charge is -2.13.